The van der Waals surface area contributed by atoms with E-state index in [2.05, 4.69) is 18.2 Å². The largest absolute Gasteiger partial charge is 0.293 e. The third-order valence-electron chi connectivity index (χ3n) is 3.30. The zero-order valence-electron chi connectivity index (χ0n) is 11.0. The molecule has 1 heterocycles. The molecule has 1 saturated heterocycles. The van der Waals surface area contributed by atoms with E-state index >= 15 is 0 Å². The zero-order valence-corrected chi connectivity index (χ0v) is 12.6. The third-order valence-corrected chi connectivity index (χ3v) is 4.68. The number of carbonyl (C=O) groups is 1. The predicted molar refractivity (Wildman–Crippen MR) is 89.5 cm³/mol. The summed E-state index contributed by atoms with van der Waals surface area (Å²) < 4.78 is 0.643. The van der Waals surface area contributed by atoms with Gasteiger partial charge in [0.05, 0.1) is 4.91 Å². The molecule has 1 amide bonds. The van der Waals surface area contributed by atoms with Crippen LogP contribution in [-0.2, 0) is 4.79 Å². The lowest BCUT2D eigenvalue weighted by atomic mass is 10.0. The molecule has 1 aliphatic heterocycles. The summed E-state index contributed by atoms with van der Waals surface area (Å²) in [4.78, 5) is 14.6. The fourth-order valence-corrected chi connectivity index (χ4v) is 3.67. The molecule has 0 atom stereocenters. The van der Waals surface area contributed by atoms with Crippen LogP contribution in [0.1, 0.15) is 12.5 Å². The summed E-state index contributed by atoms with van der Waals surface area (Å²) in [7, 11) is 0. The molecule has 1 aliphatic rings. The lowest BCUT2D eigenvalue weighted by Gasteiger charge is -2.09. The maximum absolute atomic E-state index is 12.2. The van der Waals surface area contributed by atoms with E-state index in [1.165, 1.54) is 17.1 Å². The van der Waals surface area contributed by atoms with E-state index in [9.17, 15) is 4.79 Å². The van der Waals surface area contributed by atoms with Crippen molar-refractivity contribution in [3.63, 3.8) is 0 Å². The van der Waals surface area contributed by atoms with E-state index in [1.54, 1.807) is 4.90 Å². The number of rotatable bonds is 2. The summed E-state index contributed by atoms with van der Waals surface area (Å²) in [6.07, 6.45) is 1.94. The van der Waals surface area contributed by atoms with Crippen molar-refractivity contribution < 1.29 is 4.79 Å². The van der Waals surface area contributed by atoms with E-state index in [4.69, 9.17) is 12.2 Å². The molecule has 0 N–H and O–H groups in total. The number of hydrogen-bond acceptors (Lipinski definition) is 3. The van der Waals surface area contributed by atoms with Gasteiger partial charge in [-0.05, 0) is 29.3 Å². The van der Waals surface area contributed by atoms with E-state index < -0.39 is 0 Å². The van der Waals surface area contributed by atoms with Crippen LogP contribution in [0.15, 0.2) is 47.4 Å². The number of thioether (sulfide) groups is 1. The molecule has 100 valence electrons. The van der Waals surface area contributed by atoms with E-state index in [1.807, 2.05) is 37.3 Å². The van der Waals surface area contributed by atoms with Crippen molar-refractivity contribution in [1.29, 1.82) is 0 Å². The van der Waals surface area contributed by atoms with Crippen LogP contribution in [0.5, 0.6) is 0 Å². The van der Waals surface area contributed by atoms with Crippen molar-refractivity contribution in [2.45, 2.75) is 6.92 Å². The summed E-state index contributed by atoms with van der Waals surface area (Å²) in [5.74, 6) is 0.00966. The molecule has 2 nitrogen and oxygen atoms in total. The van der Waals surface area contributed by atoms with Crippen LogP contribution in [0.3, 0.4) is 0 Å². The fraction of sp³-hybridized carbons (Fsp3) is 0.125. The minimum absolute atomic E-state index is 0.00966. The second-order valence-corrected chi connectivity index (χ2v) is 6.17. The zero-order chi connectivity index (χ0) is 14.1. The molecular formula is C16H13NOS2. The van der Waals surface area contributed by atoms with Crippen LogP contribution in [0.4, 0.5) is 0 Å². The Morgan fingerprint density at radius 3 is 2.70 bits per heavy atom. The second kappa shape index (κ2) is 5.38. The van der Waals surface area contributed by atoms with Crippen molar-refractivity contribution in [2.24, 2.45) is 0 Å². The normalized spacial score (nSPS) is 17.4. The molecule has 4 heteroatoms. The smallest absolute Gasteiger partial charge is 0.266 e. The first kappa shape index (κ1) is 13.3. The van der Waals surface area contributed by atoms with Crippen molar-refractivity contribution >= 4 is 51.1 Å². The van der Waals surface area contributed by atoms with Crippen LogP contribution in [-0.4, -0.2) is 21.7 Å². The minimum atomic E-state index is 0.00966. The van der Waals surface area contributed by atoms with Gasteiger partial charge in [-0.25, -0.2) is 0 Å². The fourth-order valence-electron chi connectivity index (χ4n) is 2.29. The third kappa shape index (κ3) is 2.25. The van der Waals surface area contributed by atoms with E-state index in [-0.39, 0.29) is 5.91 Å². The van der Waals surface area contributed by atoms with Crippen molar-refractivity contribution in [2.75, 3.05) is 6.54 Å². The summed E-state index contributed by atoms with van der Waals surface area (Å²) in [6.45, 7) is 2.56. The van der Waals surface area contributed by atoms with Gasteiger partial charge in [0.2, 0.25) is 0 Å². The number of fused-ring (bicyclic) bond motifs is 1. The van der Waals surface area contributed by atoms with Gasteiger partial charge >= 0.3 is 0 Å². The molecule has 20 heavy (non-hydrogen) atoms. The Hall–Kier alpha value is -1.65. The standard InChI is InChI=1S/C16H13NOS2/c1-2-17-15(18)14(20-16(17)19)10-12-8-5-7-11-6-3-4-9-13(11)12/h3-10H,2H2,1H3/b14-10+. The molecular weight excluding hydrogens is 286 g/mol. The summed E-state index contributed by atoms with van der Waals surface area (Å²) >= 11 is 6.61. The number of thiocarbonyl (C=S) groups is 1. The van der Waals surface area contributed by atoms with Gasteiger partial charge < -0.3 is 0 Å². The van der Waals surface area contributed by atoms with Gasteiger partial charge in [-0.3, -0.25) is 9.69 Å². The lowest BCUT2D eigenvalue weighted by Crippen LogP contribution is -2.27. The predicted octanol–water partition coefficient (Wildman–Crippen LogP) is 4.06. The molecule has 3 rings (SSSR count). The summed E-state index contributed by atoms with van der Waals surface area (Å²) in [5.41, 5.74) is 1.06. The molecule has 0 saturated carbocycles. The maximum Gasteiger partial charge on any atom is 0.266 e. The van der Waals surface area contributed by atoms with Crippen LogP contribution in [0.2, 0.25) is 0 Å². The Morgan fingerprint density at radius 1 is 1.20 bits per heavy atom. The van der Waals surface area contributed by atoms with Crippen LogP contribution >= 0.6 is 24.0 Å². The average Bonchev–Trinajstić information content (AvgIpc) is 2.73. The molecule has 0 bridgehead atoms. The van der Waals surface area contributed by atoms with Gasteiger partial charge in [0.1, 0.15) is 4.32 Å². The van der Waals surface area contributed by atoms with Gasteiger partial charge in [0.15, 0.2) is 0 Å². The molecule has 0 radical (unpaired) electrons. The van der Waals surface area contributed by atoms with Gasteiger partial charge in [0.25, 0.3) is 5.91 Å². The number of benzene rings is 2. The number of hydrogen-bond donors (Lipinski definition) is 0. The molecule has 1 fully saturated rings. The first-order valence-electron chi connectivity index (χ1n) is 6.44. The highest BCUT2D eigenvalue weighted by molar-refractivity contribution is 8.26. The molecule has 0 unspecified atom stereocenters. The Bertz CT molecular complexity index is 731. The van der Waals surface area contributed by atoms with Crippen LogP contribution < -0.4 is 0 Å². The highest BCUT2D eigenvalue weighted by Crippen LogP contribution is 2.33. The minimum Gasteiger partial charge on any atom is -0.293 e. The molecule has 0 spiro atoms. The molecule has 0 aromatic heterocycles. The Kier molecular flexibility index (Phi) is 3.59. The summed E-state index contributed by atoms with van der Waals surface area (Å²) in [6, 6.07) is 14.3. The average molecular weight is 299 g/mol. The first-order valence-corrected chi connectivity index (χ1v) is 7.66. The van der Waals surface area contributed by atoms with Gasteiger partial charge in [-0.15, -0.1) is 0 Å². The SMILES string of the molecule is CCN1C(=O)/C(=C\c2cccc3ccccc23)SC1=S. The Morgan fingerprint density at radius 2 is 1.95 bits per heavy atom. The first-order chi connectivity index (χ1) is 9.70. The van der Waals surface area contributed by atoms with Crippen LogP contribution in [0, 0.1) is 0 Å². The number of carbonyl (C=O) groups excluding carboxylic acids is 1. The van der Waals surface area contributed by atoms with Crippen LogP contribution in [0.25, 0.3) is 16.8 Å². The molecule has 0 aliphatic carbocycles. The van der Waals surface area contributed by atoms with Gasteiger partial charge in [-0.1, -0.05) is 66.4 Å². The molecule has 2 aromatic rings. The summed E-state index contributed by atoms with van der Waals surface area (Å²) in [5, 5.41) is 2.32. The van der Waals surface area contributed by atoms with E-state index in [0.717, 1.165) is 10.9 Å². The quantitative estimate of drug-likeness (QED) is 0.616. The highest BCUT2D eigenvalue weighted by Gasteiger charge is 2.30. The maximum atomic E-state index is 12.2. The second-order valence-electron chi connectivity index (χ2n) is 4.49. The topological polar surface area (TPSA) is 20.3 Å². The Balaban J connectivity index is 2.07. The Labute approximate surface area is 127 Å². The molecule has 2 aromatic carbocycles. The van der Waals surface area contributed by atoms with Crippen molar-refractivity contribution in [3.8, 4) is 0 Å². The van der Waals surface area contributed by atoms with E-state index in [0.29, 0.717) is 15.8 Å². The van der Waals surface area contributed by atoms with Crippen molar-refractivity contribution in [1.82, 2.24) is 4.90 Å². The van der Waals surface area contributed by atoms with Gasteiger partial charge in [-0.2, -0.15) is 0 Å². The van der Waals surface area contributed by atoms with Gasteiger partial charge in [0, 0.05) is 6.54 Å². The lowest BCUT2D eigenvalue weighted by molar-refractivity contribution is -0.121. The monoisotopic (exact) mass is 299 g/mol. The number of likely N-dealkylation sites (N-methyl/N-ethyl adjacent to an activating group) is 1. The van der Waals surface area contributed by atoms with Crippen molar-refractivity contribution in [3.05, 3.63) is 52.9 Å². The highest BCUT2D eigenvalue weighted by atomic mass is 32.2. The number of nitrogens with zero attached hydrogens (tertiary/aromatic N) is 1. The number of amides is 1.